The molecule has 0 aliphatic rings. The van der Waals surface area contributed by atoms with Gasteiger partial charge in [0.25, 0.3) is 0 Å². The van der Waals surface area contributed by atoms with Gasteiger partial charge in [0.15, 0.2) is 0 Å². The summed E-state index contributed by atoms with van der Waals surface area (Å²) in [6.45, 7) is 7.91. The first-order valence-electron chi connectivity index (χ1n) is 6.35. The number of rotatable bonds is 7. The summed E-state index contributed by atoms with van der Waals surface area (Å²) < 4.78 is 7.15. The van der Waals surface area contributed by atoms with Crippen molar-refractivity contribution >= 4 is 0 Å². The van der Waals surface area contributed by atoms with E-state index in [-0.39, 0.29) is 5.54 Å². The third kappa shape index (κ3) is 4.13. The van der Waals surface area contributed by atoms with Crippen molar-refractivity contribution in [2.75, 3.05) is 13.7 Å². The molecule has 0 bridgehead atoms. The predicted octanol–water partition coefficient (Wildman–Crippen LogP) is 1.76. The largest absolute Gasteiger partial charge is 0.385 e. The summed E-state index contributed by atoms with van der Waals surface area (Å²) in [4.78, 5) is 0. The van der Waals surface area contributed by atoms with E-state index in [4.69, 9.17) is 10.5 Å². The van der Waals surface area contributed by atoms with E-state index in [2.05, 4.69) is 36.6 Å². The van der Waals surface area contributed by atoms with Crippen molar-refractivity contribution in [3.63, 3.8) is 0 Å². The number of ether oxygens (including phenoxy) is 1. The van der Waals surface area contributed by atoms with Gasteiger partial charge in [-0.15, -0.1) is 0 Å². The first-order valence-corrected chi connectivity index (χ1v) is 6.35. The maximum absolute atomic E-state index is 6.29. The van der Waals surface area contributed by atoms with E-state index in [1.807, 2.05) is 0 Å². The van der Waals surface area contributed by atoms with Gasteiger partial charge in [-0.25, -0.2) is 0 Å². The van der Waals surface area contributed by atoms with Gasteiger partial charge in [0.2, 0.25) is 0 Å². The summed E-state index contributed by atoms with van der Waals surface area (Å²) in [6, 6.07) is 2.17. The molecule has 4 heteroatoms. The Morgan fingerprint density at radius 3 is 2.71 bits per heavy atom. The topological polar surface area (TPSA) is 53.1 Å². The minimum absolute atomic E-state index is 0.228. The van der Waals surface area contributed by atoms with E-state index in [1.54, 1.807) is 7.11 Å². The van der Waals surface area contributed by atoms with Crippen LogP contribution < -0.4 is 5.73 Å². The second-order valence-corrected chi connectivity index (χ2v) is 4.87. The van der Waals surface area contributed by atoms with Crippen LogP contribution in [0.1, 0.15) is 38.6 Å². The zero-order valence-electron chi connectivity index (χ0n) is 11.5. The van der Waals surface area contributed by atoms with Crippen molar-refractivity contribution in [1.29, 1.82) is 0 Å². The number of hydrogen-bond acceptors (Lipinski definition) is 3. The first-order chi connectivity index (χ1) is 8.02. The molecular weight excluding hydrogens is 214 g/mol. The van der Waals surface area contributed by atoms with Gasteiger partial charge in [-0.1, -0.05) is 6.92 Å². The minimum Gasteiger partial charge on any atom is -0.385 e. The molecule has 0 radical (unpaired) electrons. The summed E-state index contributed by atoms with van der Waals surface area (Å²) in [6.07, 6.45) is 2.68. The average molecular weight is 239 g/mol. The lowest BCUT2D eigenvalue weighted by atomic mass is 9.93. The average Bonchev–Trinajstić information content (AvgIpc) is 2.68. The fourth-order valence-electron chi connectivity index (χ4n) is 1.94. The summed E-state index contributed by atoms with van der Waals surface area (Å²) in [5, 5.41) is 4.54. The second kappa shape index (κ2) is 6.17. The van der Waals surface area contributed by atoms with Gasteiger partial charge in [0.1, 0.15) is 0 Å². The number of hydrogen-bond donors (Lipinski definition) is 1. The van der Waals surface area contributed by atoms with E-state index in [9.17, 15) is 0 Å². The summed E-state index contributed by atoms with van der Waals surface area (Å²) in [7, 11) is 1.71. The lowest BCUT2D eigenvalue weighted by Crippen LogP contribution is -2.40. The molecule has 1 aromatic heterocycles. The van der Waals surface area contributed by atoms with Gasteiger partial charge in [-0.05, 0) is 32.8 Å². The molecule has 0 aromatic carbocycles. The van der Waals surface area contributed by atoms with Gasteiger partial charge in [-0.2, -0.15) is 5.10 Å². The van der Waals surface area contributed by atoms with Crippen LogP contribution in [0.4, 0.5) is 0 Å². The molecule has 0 spiro atoms. The molecule has 17 heavy (non-hydrogen) atoms. The molecule has 1 heterocycles. The summed E-state index contributed by atoms with van der Waals surface area (Å²) >= 11 is 0. The van der Waals surface area contributed by atoms with E-state index >= 15 is 0 Å². The number of methoxy groups -OCH3 is 1. The fraction of sp³-hybridized carbons (Fsp3) is 0.769. The van der Waals surface area contributed by atoms with Crippen molar-refractivity contribution < 1.29 is 4.74 Å². The Morgan fingerprint density at radius 2 is 2.18 bits per heavy atom. The van der Waals surface area contributed by atoms with Gasteiger partial charge in [0, 0.05) is 37.9 Å². The zero-order valence-corrected chi connectivity index (χ0v) is 11.5. The van der Waals surface area contributed by atoms with E-state index in [1.165, 1.54) is 5.69 Å². The SMILES string of the molecule is CCc1cc(CC(C)(N)CCOC)n(CC)n1. The monoisotopic (exact) mass is 239 g/mol. The number of nitrogens with two attached hydrogens (primary N) is 1. The Morgan fingerprint density at radius 1 is 1.47 bits per heavy atom. The maximum Gasteiger partial charge on any atom is 0.0624 e. The molecule has 1 atom stereocenters. The van der Waals surface area contributed by atoms with Crippen LogP contribution >= 0.6 is 0 Å². The smallest absolute Gasteiger partial charge is 0.0624 e. The highest BCUT2D eigenvalue weighted by molar-refractivity contribution is 5.13. The molecule has 2 N–H and O–H groups in total. The molecule has 0 aliphatic heterocycles. The number of aryl methyl sites for hydroxylation is 2. The molecule has 0 aliphatic carbocycles. The van der Waals surface area contributed by atoms with Gasteiger partial charge in [-0.3, -0.25) is 4.68 Å². The lowest BCUT2D eigenvalue weighted by Gasteiger charge is -2.24. The summed E-state index contributed by atoms with van der Waals surface area (Å²) in [5.41, 5.74) is 8.43. The Hall–Kier alpha value is -0.870. The lowest BCUT2D eigenvalue weighted by molar-refractivity contribution is 0.171. The maximum atomic E-state index is 6.29. The molecule has 1 aromatic rings. The Balaban J connectivity index is 2.75. The van der Waals surface area contributed by atoms with Crippen LogP contribution in [0.15, 0.2) is 6.07 Å². The van der Waals surface area contributed by atoms with Crippen LogP contribution in [0, 0.1) is 0 Å². The quantitative estimate of drug-likeness (QED) is 0.789. The van der Waals surface area contributed by atoms with Crippen LogP contribution in [0.5, 0.6) is 0 Å². The van der Waals surface area contributed by atoms with E-state index in [0.29, 0.717) is 6.61 Å². The number of nitrogens with zero attached hydrogens (tertiary/aromatic N) is 2. The Bertz CT molecular complexity index is 344. The molecular formula is C13H25N3O. The third-order valence-electron chi connectivity index (χ3n) is 3.04. The standard InChI is InChI=1S/C13H25N3O/c1-5-11-9-12(16(6-2)15-11)10-13(3,14)7-8-17-4/h9H,5-8,10,14H2,1-4H3. The fourth-order valence-corrected chi connectivity index (χ4v) is 1.94. The molecule has 0 fully saturated rings. The molecule has 4 nitrogen and oxygen atoms in total. The highest BCUT2D eigenvalue weighted by Crippen LogP contribution is 2.16. The van der Waals surface area contributed by atoms with Crippen molar-refractivity contribution in [2.24, 2.45) is 5.73 Å². The highest BCUT2D eigenvalue weighted by atomic mass is 16.5. The van der Waals surface area contributed by atoms with Crippen LogP contribution in [-0.2, 0) is 24.1 Å². The predicted molar refractivity (Wildman–Crippen MR) is 70.1 cm³/mol. The van der Waals surface area contributed by atoms with Crippen LogP contribution in [0.3, 0.4) is 0 Å². The van der Waals surface area contributed by atoms with Crippen molar-refractivity contribution in [2.45, 2.75) is 52.1 Å². The molecule has 0 saturated heterocycles. The third-order valence-corrected chi connectivity index (χ3v) is 3.04. The first kappa shape index (κ1) is 14.2. The van der Waals surface area contributed by atoms with Crippen molar-refractivity contribution in [1.82, 2.24) is 9.78 Å². The van der Waals surface area contributed by atoms with Crippen molar-refractivity contribution in [3.05, 3.63) is 17.5 Å². The number of aromatic nitrogens is 2. The molecule has 1 unspecified atom stereocenters. The van der Waals surface area contributed by atoms with Crippen molar-refractivity contribution in [3.8, 4) is 0 Å². The second-order valence-electron chi connectivity index (χ2n) is 4.87. The van der Waals surface area contributed by atoms with Gasteiger partial charge >= 0.3 is 0 Å². The molecule has 0 amide bonds. The van der Waals surface area contributed by atoms with Crippen LogP contribution in [-0.4, -0.2) is 29.0 Å². The van der Waals surface area contributed by atoms with Crippen LogP contribution in [0.2, 0.25) is 0 Å². The Kier molecular flexibility index (Phi) is 5.15. The Labute approximate surface area is 104 Å². The minimum atomic E-state index is -0.228. The molecule has 0 saturated carbocycles. The van der Waals surface area contributed by atoms with Crippen LogP contribution in [0.25, 0.3) is 0 Å². The molecule has 98 valence electrons. The molecule has 1 rings (SSSR count). The zero-order chi connectivity index (χ0) is 12.9. The highest BCUT2D eigenvalue weighted by Gasteiger charge is 2.21. The normalized spacial score (nSPS) is 14.9. The van der Waals surface area contributed by atoms with E-state index in [0.717, 1.165) is 31.5 Å². The summed E-state index contributed by atoms with van der Waals surface area (Å²) in [5.74, 6) is 0. The van der Waals surface area contributed by atoms with Gasteiger partial charge in [0.05, 0.1) is 5.69 Å². The van der Waals surface area contributed by atoms with E-state index < -0.39 is 0 Å². The van der Waals surface area contributed by atoms with Gasteiger partial charge < -0.3 is 10.5 Å².